The van der Waals surface area contributed by atoms with Gasteiger partial charge in [-0.15, -0.1) is 0 Å². The molecule has 2 aromatic rings. The number of hydrogen-bond donors (Lipinski definition) is 1. The van der Waals surface area contributed by atoms with Crippen molar-refractivity contribution in [2.45, 2.75) is 0 Å². The highest BCUT2D eigenvalue weighted by atomic mass is 16.5. The molecule has 0 spiro atoms. The third-order valence-electron chi connectivity index (χ3n) is 3.25. The molecule has 1 aliphatic rings. The summed E-state index contributed by atoms with van der Waals surface area (Å²) >= 11 is 0. The second-order valence-electron chi connectivity index (χ2n) is 4.64. The van der Waals surface area contributed by atoms with E-state index in [4.69, 9.17) is 9.84 Å². The third kappa shape index (κ3) is 2.20. The number of carbonyl (C=O) groups is 3. The molecule has 0 saturated heterocycles. The lowest BCUT2D eigenvalue weighted by molar-refractivity contribution is -0.139. The number of fused-ring (bicyclic) bond motifs is 1. The second-order valence-corrected chi connectivity index (χ2v) is 4.64. The van der Waals surface area contributed by atoms with Crippen LogP contribution in [0, 0.1) is 0 Å². The molecule has 0 atom stereocenters. The van der Waals surface area contributed by atoms with Crippen LogP contribution in [0.1, 0.15) is 20.7 Å². The van der Waals surface area contributed by atoms with Crippen molar-refractivity contribution in [1.82, 2.24) is 0 Å². The van der Waals surface area contributed by atoms with E-state index >= 15 is 0 Å². The van der Waals surface area contributed by atoms with Crippen LogP contribution in [0.3, 0.4) is 0 Å². The lowest BCUT2D eigenvalue weighted by Gasteiger charge is -2.17. The van der Waals surface area contributed by atoms with Gasteiger partial charge in [-0.05, 0) is 24.3 Å². The van der Waals surface area contributed by atoms with Crippen LogP contribution in [0.2, 0.25) is 0 Å². The van der Waals surface area contributed by atoms with Crippen LogP contribution in [-0.2, 0) is 4.79 Å². The topological polar surface area (TPSA) is 83.9 Å². The van der Waals surface area contributed by atoms with Crippen molar-refractivity contribution in [1.29, 1.82) is 0 Å². The Labute approximate surface area is 125 Å². The highest BCUT2D eigenvalue weighted by Crippen LogP contribution is 2.34. The molecule has 0 aromatic heterocycles. The molecule has 6 heteroatoms. The van der Waals surface area contributed by atoms with Crippen molar-refractivity contribution in [3.05, 3.63) is 59.7 Å². The molecular weight excluding hydrogens is 286 g/mol. The van der Waals surface area contributed by atoms with Crippen LogP contribution < -0.4 is 9.64 Å². The number of nitrogens with zero attached hydrogens (tertiary/aromatic N) is 1. The molecule has 3 rings (SSSR count). The first-order valence-corrected chi connectivity index (χ1v) is 6.51. The molecule has 6 nitrogen and oxygen atoms in total. The monoisotopic (exact) mass is 297 g/mol. The molecule has 0 fully saturated rings. The zero-order valence-electron chi connectivity index (χ0n) is 11.4. The number of carboxylic acid groups (broad SMARTS) is 1. The number of ether oxygens (including phenoxy) is 1. The normalized spacial score (nSPS) is 13.2. The Morgan fingerprint density at radius 1 is 0.955 bits per heavy atom. The Kier molecular flexibility index (Phi) is 3.34. The summed E-state index contributed by atoms with van der Waals surface area (Å²) in [6.07, 6.45) is 0. The van der Waals surface area contributed by atoms with Crippen LogP contribution in [0.4, 0.5) is 5.69 Å². The summed E-state index contributed by atoms with van der Waals surface area (Å²) in [5.74, 6) is -1.88. The fraction of sp³-hybridized carbons (Fsp3) is 0.0625. The number of benzene rings is 2. The van der Waals surface area contributed by atoms with Crippen molar-refractivity contribution in [3.63, 3.8) is 0 Å². The van der Waals surface area contributed by atoms with Crippen LogP contribution in [0.15, 0.2) is 48.5 Å². The molecule has 2 amide bonds. The van der Waals surface area contributed by atoms with E-state index in [1.54, 1.807) is 42.5 Å². The van der Waals surface area contributed by atoms with Crippen molar-refractivity contribution in [2.75, 3.05) is 11.5 Å². The van der Waals surface area contributed by atoms with Crippen molar-refractivity contribution >= 4 is 23.5 Å². The molecule has 0 bridgehead atoms. The van der Waals surface area contributed by atoms with E-state index in [1.807, 2.05) is 0 Å². The maximum Gasteiger partial charge on any atom is 0.341 e. The van der Waals surface area contributed by atoms with Gasteiger partial charge in [0, 0.05) is 0 Å². The Bertz CT molecular complexity index is 749. The Morgan fingerprint density at radius 3 is 2.09 bits per heavy atom. The average molecular weight is 297 g/mol. The van der Waals surface area contributed by atoms with E-state index in [1.165, 1.54) is 6.07 Å². The number of carboxylic acids is 1. The van der Waals surface area contributed by atoms with Gasteiger partial charge in [0.1, 0.15) is 5.75 Å². The fourth-order valence-electron chi connectivity index (χ4n) is 2.31. The second kappa shape index (κ2) is 5.33. The van der Waals surface area contributed by atoms with Gasteiger partial charge in [-0.2, -0.15) is 0 Å². The van der Waals surface area contributed by atoms with Crippen molar-refractivity contribution in [3.8, 4) is 5.75 Å². The summed E-state index contributed by atoms with van der Waals surface area (Å²) in [6, 6.07) is 12.9. The molecule has 110 valence electrons. The Morgan fingerprint density at radius 2 is 1.50 bits per heavy atom. The molecule has 1 heterocycles. The Hall–Kier alpha value is -3.15. The number of rotatable bonds is 4. The fourth-order valence-corrected chi connectivity index (χ4v) is 2.31. The number of imide groups is 1. The van der Waals surface area contributed by atoms with Crippen molar-refractivity contribution in [2.24, 2.45) is 0 Å². The minimum atomic E-state index is -1.14. The molecule has 0 unspecified atom stereocenters. The van der Waals surface area contributed by atoms with Crippen LogP contribution in [0.25, 0.3) is 0 Å². The van der Waals surface area contributed by atoms with E-state index in [2.05, 4.69) is 0 Å². The SMILES string of the molecule is O=C(O)COc1ccccc1N1C(=O)c2ccccc2C1=O. The first kappa shape index (κ1) is 13.8. The summed E-state index contributed by atoms with van der Waals surface area (Å²) < 4.78 is 5.16. The maximum atomic E-state index is 12.4. The van der Waals surface area contributed by atoms with Gasteiger partial charge >= 0.3 is 5.97 Å². The number of para-hydroxylation sites is 2. The molecular formula is C16H11NO5. The van der Waals surface area contributed by atoms with Gasteiger partial charge in [0.05, 0.1) is 16.8 Å². The largest absolute Gasteiger partial charge is 0.480 e. The van der Waals surface area contributed by atoms with Gasteiger partial charge in [0.25, 0.3) is 11.8 Å². The van der Waals surface area contributed by atoms with E-state index < -0.39 is 24.4 Å². The highest BCUT2D eigenvalue weighted by Gasteiger charge is 2.37. The van der Waals surface area contributed by atoms with E-state index in [0.29, 0.717) is 11.1 Å². The summed E-state index contributed by atoms with van der Waals surface area (Å²) in [7, 11) is 0. The predicted octanol–water partition coefficient (Wildman–Crippen LogP) is 1.95. The number of amides is 2. The van der Waals surface area contributed by atoms with E-state index in [0.717, 1.165) is 4.90 Å². The van der Waals surface area contributed by atoms with Crippen LogP contribution >= 0.6 is 0 Å². The van der Waals surface area contributed by atoms with E-state index in [-0.39, 0.29) is 11.4 Å². The predicted molar refractivity (Wildman–Crippen MR) is 77.2 cm³/mol. The van der Waals surface area contributed by atoms with Gasteiger partial charge in [-0.3, -0.25) is 9.59 Å². The lowest BCUT2D eigenvalue weighted by Crippen LogP contribution is -2.30. The zero-order valence-corrected chi connectivity index (χ0v) is 11.4. The molecule has 2 aromatic carbocycles. The number of carbonyl (C=O) groups excluding carboxylic acids is 2. The summed E-state index contributed by atoms with van der Waals surface area (Å²) in [5, 5.41) is 8.70. The molecule has 0 saturated carbocycles. The summed E-state index contributed by atoms with van der Waals surface area (Å²) in [4.78, 5) is 36.5. The number of aliphatic carboxylic acids is 1. The first-order chi connectivity index (χ1) is 10.6. The first-order valence-electron chi connectivity index (χ1n) is 6.51. The standard InChI is InChI=1S/C16H11NO5/c18-14(19)9-22-13-8-4-3-7-12(13)17-15(20)10-5-1-2-6-11(10)16(17)21/h1-8H,9H2,(H,18,19). The average Bonchev–Trinajstić information content (AvgIpc) is 2.78. The lowest BCUT2D eigenvalue weighted by atomic mass is 10.1. The third-order valence-corrected chi connectivity index (χ3v) is 3.25. The summed E-state index contributed by atoms with van der Waals surface area (Å²) in [5.41, 5.74) is 0.871. The molecule has 1 N–H and O–H groups in total. The van der Waals surface area contributed by atoms with Gasteiger partial charge < -0.3 is 9.84 Å². The Balaban J connectivity index is 2.01. The molecule has 22 heavy (non-hydrogen) atoms. The van der Waals surface area contributed by atoms with Gasteiger partial charge in [0.2, 0.25) is 0 Å². The quantitative estimate of drug-likeness (QED) is 0.872. The van der Waals surface area contributed by atoms with Crippen molar-refractivity contribution < 1.29 is 24.2 Å². The van der Waals surface area contributed by atoms with Crippen LogP contribution in [0.5, 0.6) is 5.75 Å². The van der Waals surface area contributed by atoms with Gasteiger partial charge in [-0.1, -0.05) is 24.3 Å². The van der Waals surface area contributed by atoms with Gasteiger partial charge in [0.15, 0.2) is 6.61 Å². The van der Waals surface area contributed by atoms with Crippen LogP contribution in [-0.4, -0.2) is 29.5 Å². The smallest absolute Gasteiger partial charge is 0.341 e. The molecule has 0 aliphatic carbocycles. The minimum Gasteiger partial charge on any atom is -0.480 e. The summed E-state index contributed by atoms with van der Waals surface area (Å²) in [6.45, 7) is -0.555. The number of hydrogen-bond acceptors (Lipinski definition) is 4. The molecule has 0 radical (unpaired) electrons. The van der Waals surface area contributed by atoms with Gasteiger partial charge in [-0.25, -0.2) is 9.69 Å². The number of anilines is 1. The highest BCUT2D eigenvalue weighted by molar-refractivity contribution is 6.34. The molecule has 1 aliphatic heterocycles. The van der Waals surface area contributed by atoms with E-state index in [9.17, 15) is 14.4 Å². The zero-order chi connectivity index (χ0) is 15.7. The maximum absolute atomic E-state index is 12.4. The minimum absolute atomic E-state index is 0.166.